The summed E-state index contributed by atoms with van der Waals surface area (Å²) in [6.07, 6.45) is 0. The number of hydrogen-bond acceptors (Lipinski definition) is 1. The van der Waals surface area contributed by atoms with Crippen molar-refractivity contribution in [3.63, 3.8) is 0 Å². The quantitative estimate of drug-likeness (QED) is 0.819. The van der Waals surface area contributed by atoms with Gasteiger partial charge in [0.2, 0.25) is 0 Å². The summed E-state index contributed by atoms with van der Waals surface area (Å²) in [7, 11) is 1.83. The second-order valence-corrected chi connectivity index (χ2v) is 5.97. The maximum absolute atomic E-state index is 12.4. The van der Waals surface area contributed by atoms with Crippen LogP contribution in [0.2, 0.25) is 0 Å². The zero-order valence-electron chi connectivity index (χ0n) is 12.0. The van der Waals surface area contributed by atoms with Gasteiger partial charge < -0.3 is 4.90 Å². The van der Waals surface area contributed by atoms with Gasteiger partial charge in [-0.15, -0.1) is 0 Å². The van der Waals surface area contributed by atoms with E-state index in [0.29, 0.717) is 12.1 Å². The summed E-state index contributed by atoms with van der Waals surface area (Å²) >= 11 is 3.47. The summed E-state index contributed by atoms with van der Waals surface area (Å²) in [5.41, 5.74) is 4.20. The third kappa shape index (κ3) is 3.48. The lowest BCUT2D eigenvalue weighted by Crippen LogP contribution is -2.26. The molecule has 0 aliphatic rings. The normalized spacial score (nSPS) is 10.4. The number of halogens is 1. The molecule has 0 spiro atoms. The largest absolute Gasteiger partial charge is 0.337 e. The Kier molecular flexibility index (Phi) is 4.61. The molecule has 2 nitrogen and oxygen atoms in total. The highest BCUT2D eigenvalue weighted by Crippen LogP contribution is 2.19. The Morgan fingerprint density at radius 1 is 1.10 bits per heavy atom. The van der Waals surface area contributed by atoms with E-state index in [1.54, 1.807) is 4.90 Å². The van der Waals surface area contributed by atoms with Gasteiger partial charge in [-0.2, -0.15) is 0 Å². The molecule has 1 amide bonds. The van der Waals surface area contributed by atoms with Crippen molar-refractivity contribution in [1.29, 1.82) is 0 Å². The Morgan fingerprint density at radius 2 is 1.75 bits per heavy atom. The minimum atomic E-state index is 0.0336. The number of carbonyl (C=O) groups excluding carboxylic acids is 1. The predicted molar refractivity (Wildman–Crippen MR) is 85.9 cm³/mol. The van der Waals surface area contributed by atoms with Gasteiger partial charge in [0, 0.05) is 23.6 Å². The summed E-state index contributed by atoms with van der Waals surface area (Å²) in [6, 6.07) is 14.0. The van der Waals surface area contributed by atoms with Crippen LogP contribution in [0.1, 0.15) is 27.0 Å². The monoisotopic (exact) mass is 331 g/mol. The van der Waals surface area contributed by atoms with Gasteiger partial charge in [-0.25, -0.2) is 0 Å². The minimum absolute atomic E-state index is 0.0336. The molecule has 104 valence electrons. The van der Waals surface area contributed by atoms with Crippen LogP contribution in [0.4, 0.5) is 0 Å². The van der Waals surface area contributed by atoms with Crippen molar-refractivity contribution in [2.75, 3.05) is 7.05 Å². The fourth-order valence-electron chi connectivity index (χ4n) is 1.99. The molecule has 0 N–H and O–H groups in total. The first-order valence-electron chi connectivity index (χ1n) is 6.54. The fraction of sp³-hybridized carbons (Fsp3) is 0.235. The van der Waals surface area contributed by atoms with Gasteiger partial charge in [-0.05, 0) is 37.1 Å². The molecule has 2 rings (SSSR count). The zero-order chi connectivity index (χ0) is 14.7. The molecule has 3 heteroatoms. The summed E-state index contributed by atoms with van der Waals surface area (Å²) in [5.74, 6) is 0.0336. The van der Waals surface area contributed by atoms with E-state index in [0.717, 1.165) is 15.6 Å². The van der Waals surface area contributed by atoms with E-state index in [4.69, 9.17) is 0 Å². The van der Waals surface area contributed by atoms with Crippen LogP contribution in [-0.2, 0) is 6.54 Å². The zero-order valence-corrected chi connectivity index (χ0v) is 13.6. The molecule has 0 saturated carbocycles. The average molecular weight is 332 g/mol. The molecule has 0 radical (unpaired) electrons. The smallest absolute Gasteiger partial charge is 0.253 e. The second kappa shape index (κ2) is 6.23. The molecule has 0 fully saturated rings. The van der Waals surface area contributed by atoms with Gasteiger partial charge in [0.15, 0.2) is 0 Å². The second-order valence-electron chi connectivity index (χ2n) is 5.11. The van der Waals surface area contributed by atoms with Crippen molar-refractivity contribution in [3.8, 4) is 0 Å². The third-order valence-electron chi connectivity index (χ3n) is 3.31. The Balaban J connectivity index is 2.11. The maximum atomic E-state index is 12.4. The standard InChI is InChI=1S/C17H18BrNO/c1-12-4-7-14(8-5-12)11-19(3)17(20)15-9-6-13(2)16(18)10-15/h4-10H,11H2,1-3H3. The number of rotatable bonds is 3. The maximum Gasteiger partial charge on any atom is 0.253 e. The van der Waals surface area contributed by atoms with Crippen LogP contribution in [-0.4, -0.2) is 17.9 Å². The highest BCUT2D eigenvalue weighted by Gasteiger charge is 2.12. The van der Waals surface area contributed by atoms with Crippen LogP contribution < -0.4 is 0 Å². The Bertz CT molecular complexity index is 619. The van der Waals surface area contributed by atoms with Crippen molar-refractivity contribution in [2.45, 2.75) is 20.4 Å². The number of hydrogen-bond donors (Lipinski definition) is 0. The fourth-order valence-corrected chi connectivity index (χ4v) is 2.36. The molecule has 0 atom stereocenters. The summed E-state index contributed by atoms with van der Waals surface area (Å²) in [5, 5.41) is 0. The van der Waals surface area contributed by atoms with Gasteiger partial charge in [-0.3, -0.25) is 4.79 Å². The lowest BCUT2D eigenvalue weighted by molar-refractivity contribution is 0.0785. The van der Waals surface area contributed by atoms with Crippen LogP contribution in [0.25, 0.3) is 0 Å². The van der Waals surface area contributed by atoms with E-state index in [9.17, 15) is 4.79 Å². The molecule has 0 aliphatic carbocycles. The van der Waals surface area contributed by atoms with Gasteiger partial charge in [0.1, 0.15) is 0 Å². The van der Waals surface area contributed by atoms with Crippen LogP contribution in [0, 0.1) is 13.8 Å². The highest BCUT2D eigenvalue weighted by atomic mass is 79.9. The van der Waals surface area contributed by atoms with E-state index >= 15 is 0 Å². The SMILES string of the molecule is Cc1ccc(CN(C)C(=O)c2ccc(C)c(Br)c2)cc1. The number of aryl methyl sites for hydroxylation is 2. The molecule has 2 aromatic rings. The van der Waals surface area contributed by atoms with Crippen molar-refractivity contribution >= 4 is 21.8 Å². The van der Waals surface area contributed by atoms with Crippen LogP contribution in [0.5, 0.6) is 0 Å². The molecule has 20 heavy (non-hydrogen) atoms. The predicted octanol–water partition coefficient (Wildman–Crippen LogP) is 4.34. The van der Waals surface area contributed by atoms with Crippen LogP contribution in [0.15, 0.2) is 46.9 Å². The summed E-state index contributed by atoms with van der Waals surface area (Å²) in [4.78, 5) is 14.1. The van der Waals surface area contributed by atoms with Gasteiger partial charge in [-0.1, -0.05) is 51.8 Å². The van der Waals surface area contributed by atoms with Gasteiger partial charge in [0.05, 0.1) is 0 Å². The first-order valence-corrected chi connectivity index (χ1v) is 7.34. The van der Waals surface area contributed by atoms with Gasteiger partial charge in [0.25, 0.3) is 5.91 Å². The van der Waals surface area contributed by atoms with Crippen LogP contribution >= 0.6 is 15.9 Å². The molecular weight excluding hydrogens is 314 g/mol. The molecule has 0 unspecified atom stereocenters. The molecule has 0 bridgehead atoms. The molecule has 0 aliphatic heterocycles. The van der Waals surface area contributed by atoms with E-state index < -0.39 is 0 Å². The summed E-state index contributed by atoms with van der Waals surface area (Å²) < 4.78 is 0.965. The minimum Gasteiger partial charge on any atom is -0.337 e. The molecule has 0 heterocycles. The Hall–Kier alpha value is -1.61. The Morgan fingerprint density at radius 3 is 2.35 bits per heavy atom. The van der Waals surface area contributed by atoms with Crippen molar-refractivity contribution < 1.29 is 4.79 Å². The highest BCUT2D eigenvalue weighted by molar-refractivity contribution is 9.10. The average Bonchev–Trinajstić information content (AvgIpc) is 2.43. The Labute approximate surface area is 128 Å². The molecule has 0 aromatic heterocycles. The first kappa shape index (κ1) is 14.8. The van der Waals surface area contributed by atoms with Crippen molar-refractivity contribution in [1.82, 2.24) is 4.90 Å². The van der Waals surface area contributed by atoms with Gasteiger partial charge >= 0.3 is 0 Å². The van der Waals surface area contributed by atoms with Crippen LogP contribution in [0.3, 0.4) is 0 Å². The van der Waals surface area contributed by atoms with Crippen molar-refractivity contribution in [2.24, 2.45) is 0 Å². The first-order chi connectivity index (χ1) is 9.47. The lowest BCUT2D eigenvalue weighted by Gasteiger charge is -2.18. The lowest BCUT2D eigenvalue weighted by atomic mass is 10.1. The number of amides is 1. The third-order valence-corrected chi connectivity index (χ3v) is 4.16. The summed E-state index contributed by atoms with van der Waals surface area (Å²) in [6.45, 7) is 4.68. The molecule has 0 saturated heterocycles. The topological polar surface area (TPSA) is 20.3 Å². The van der Waals surface area contributed by atoms with E-state index in [1.807, 2.05) is 32.2 Å². The number of nitrogens with zero attached hydrogens (tertiary/aromatic N) is 1. The number of benzene rings is 2. The molecule has 2 aromatic carbocycles. The van der Waals surface area contributed by atoms with E-state index in [-0.39, 0.29) is 5.91 Å². The van der Waals surface area contributed by atoms with Crippen molar-refractivity contribution in [3.05, 3.63) is 69.2 Å². The number of carbonyl (C=O) groups is 1. The molecular formula is C17H18BrNO. The van der Waals surface area contributed by atoms with E-state index in [1.165, 1.54) is 5.56 Å². The van der Waals surface area contributed by atoms with E-state index in [2.05, 4.69) is 47.1 Å².